The molecule has 1 saturated heterocycles. The van der Waals surface area contributed by atoms with Crippen molar-refractivity contribution in [3.63, 3.8) is 0 Å². The van der Waals surface area contributed by atoms with Gasteiger partial charge < -0.3 is 45.1 Å². The van der Waals surface area contributed by atoms with Crippen LogP contribution in [0.15, 0.2) is 85.1 Å². The number of amides is 1. The Morgan fingerprint density at radius 1 is 0.594 bits per heavy atom. The SMILES string of the molecule is CC/C=C/C=C/C=C\CCCCCCCC(=O)OC1C(OCC(NC(=O)C(O)CCCCC/C=C\C/C=C\C/C=C\CCCCC)C(O)/C=C/CCCCCCCCCCC)OC(CO)C(O)C1O. The van der Waals surface area contributed by atoms with Crippen LogP contribution in [-0.2, 0) is 23.8 Å². The number of ether oxygens (including phenoxy) is 3. The van der Waals surface area contributed by atoms with E-state index >= 15 is 0 Å². The minimum absolute atomic E-state index is 0.0936. The number of allylic oxidation sites excluding steroid dienone is 13. The molecule has 8 atom stereocenters. The Morgan fingerprint density at radius 2 is 1.10 bits per heavy atom. The zero-order valence-corrected chi connectivity index (χ0v) is 43.4. The third-order valence-corrected chi connectivity index (χ3v) is 12.3. The highest BCUT2D eigenvalue weighted by atomic mass is 16.7. The molecule has 1 heterocycles. The summed E-state index contributed by atoms with van der Waals surface area (Å²) in [6.45, 7) is 5.56. The molecule has 6 N–H and O–H groups in total. The minimum atomic E-state index is -1.63. The highest BCUT2D eigenvalue weighted by molar-refractivity contribution is 5.80. The van der Waals surface area contributed by atoms with Crippen LogP contribution >= 0.6 is 0 Å². The summed E-state index contributed by atoms with van der Waals surface area (Å²) in [5, 5.41) is 56.6. The lowest BCUT2D eigenvalue weighted by molar-refractivity contribution is -0.305. The van der Waals surface area contributed by atoms with Crippen molar-refractivity contribution in [3.05, 3.63) is 85.1 Å². The molecule has 0 aromatic heterocycles. The van der Waals surface area contributed by atoms with Gasteiger partial charge in [0.05, 0.1) is 25.4 Å². The maximum Gasteiger partial charge on any atom is 0.306 e. The monoisotopic (exact) mass is 970 g/mol. The maximum absolute atomic E-state index is 13.3. The molecule has 0 aromatic carbocycles. The summed E-state index contributed by atoms with van der Waals surface area (Å²) >= 11 is 0. The zero-order valence-electron chi connectivity index (χ0n) is 43.4. The zero-order chi connectivity index (χ0) is 50.4. The van der Waals surface area contributed by atoms with Gasteiger partial charge in [-0.15, -0.1) is 0 Å². The third kappa shape index (κ3) is 34.7. The summed E-state index contributed by atoms with van der Waals surface area (Å²) in [6, 6.07) is -1.04. The number of carbonyl (C=O) groups is 2. The molecule has 11 heteroatoms. The second-order valence-electron chi connectivity index (χ2n) is 18.6. The molecule has 396 valence electrons. The largest absolute Gasteiger partial charge is 0.454 e. The molecule has 8 unspecified atom stereocenters. The third-order valence-electron chi connectivity index (χ3n) is 12.3. The van der Waals surface area contributed by atoms with Crippen LogP contribution in [0.5, 0.6) is 0 Å². The van der Waals surface area contributed by atoms with Gasteiger partial charge in [0, 0.05) is 6.42 Å². The fourth-order valence-corrected chi connectivity index (χ4v) is 7.95. The topological polar surface area (TPSA) is 175 Å². The van der Waals surface area contributed by atoms with Crippen molar-refractivity contribution in [1.29, 1.82) is 0 Å². The van der Waals surface area contributed by atoms with Gasteiger partial charge in [0.15, 0.2) is 12.4 Å². The predicted octanol–water partition coefficient (Wildman–Crippen LogP) is 11.8. The van der Waals surface area contributed by atoms with Gasteiger partial charge in [-0.1, -0.05) is 202 Å². The normalized spacial score (nSPS) is 20.5. The number of nitrogens with one attached hydrogen (secondary N) is 1. The molecule has 0 aliphatic carbocycles. The van der Waals surface area contributed by atoms with Gasteiger partial charge in [-0.3, -0.25) is 9.59 Å². The van der Waals surface area contributed by atoms with E-state index in [2.05, 4.69) is 80.8 Å². The predicted molar refractivity (Wildman–Crippen MR) is 282 cm³/mol. The van der Waals surface area contributed by atoms with E-state index < -0.39 is 67.4 Å². The molecule has 11 nitrogen and oxygen atoms in total. The lowest BCUT2D eigenvalue weighted by atomic mass is 9.99. The minimum Gasteiger partial charge on any atom is -0.454 e. The van der Waals surface area contributed by atoms with Gasteiger partial charge in [0.1, 0.15) is 24.4 Å². The lowest BCUT2D eigenvalue weighted by Crippen LogP contribution is -2.61. The second-order valence-corrected chi connectivity index (χ2v) is 18.6. The molecule has 0 spiro atoms. The molecule has 0 radical (unpaired) electrons. The van der Waals surface area contributed by atoms with Crippen LogP contribution in [0, 0.1) is 0 Å². The van der Waals surface area contributed by atoms with Crippen molar-refractivity contribution in [2.45, 2.75) is 256 Å². The number of unbranched alkanes of at least 4 members (excludes halogenated alkanes) is 20. The smallest absolute Gasteiger partial charge is 0.306 e. The van der Waals surface area contributed by atoms with Gasteiger partial charge in [-0.25, -0.2) is 0 Å². The Balaban J connectivity index is 2.79. The number of rotatable bonds is 44. The fourth-order valence-electron chi connectivity index (χ4n) is 7.95. The number of aliphatic hydroxyl groups is 5. The highest BCUT2D eigenvalue weighted by Gasteiger charge is 2.47. The molecule has 1 aliphatic heterocycles. The molecular formula is C58H99NO10. The van der Waals surface area contributed by atoms with E-state index in [4.69, 9.17) is 14.2 Å². The maximum atomic E-state index is 13.3. The molecule has 1 aliphatic rings. The van der Waals surface area contributed by atoms with Crippen molar-refractivity contribution in [3.8, 4) is 0 Å². The van der Waals surface area contributed by atoms with E-state index in [1.54, 1.807) is 6.08 Å². The van der Waals surface area contributed by atoms with E-state index in [0.717, 1.165) is 103 Å². The van der Waals surface area contributed by atoms with Gasteiger partial charge >= 0.3 is 5.97 Å². The number of hydrogen-bond acceptors (Lipinski definition) is 10. The summed E-state index contributed by atoms with van der Waals surface area (Å²) in [7, 11) is 0. The van der Waals surface area contributed by atoms with Crippen LogP contribution in [0.2, 0.25) is 0 Å². The van der Waals surface area contributed by atoms with Gasteiger partial charge in [-0.05, 0) is 83.5 Å². The molecule has 1 fully saturated rings. The Hall–Kier alpha value is -3.16. The molecule has 0 saturated carbocycles. The number of carbonyl (C=O) groups excluding carboxylic acids is 2. The standard InChI is InChI=1S/C58H99NO10/c1-4-7-10-13-16-19-22-24-25-26-28-30-33-36-39-42-45-51(62)57(66)59-49(50(61)44-41-38-35-32-29-21-18-15-12-9-6-3)48-67-58-56(55(65)54(64)52(47-60)68-58)69-53(63)46-43-40-37-34-31-27-23-20-17-14-11-8-5-2/h8,11,14,16-17,19-20,23-25,28,30,41,44,49-52,54-56,58,60-62,64-65H,4-7,9-10,12-13,15,18,21-22,26-27,29,31-40,42-43,45-48H2,1-3H3,(H,59,66)/b11-8+,17-14+,19-16-,23-20-,25-24-,30-28-,44-41+. The molecule has 0 bridgehead atoms. The van der Waals surface area contributed by atoms with Crippen LogP contribution in [0.1, 0.15) is 207 Å². The van der Waals surface area contributed by atoms with Crippen molar-refractivity contribution >= 4 is 11.9 Å². The van der Waals surface area contributed by atoms with Gasteiger partial charge in [0.2, 0.25) is 5.91 Å². The summed E-state index contributed by atoms with van der Waals surface area (Å²) in [4.78, 5) is 26.4. The summed E-state index contributed by atoms with van der Waals surface area (Å²) in [6.07, 6.45) is 47.7. The number of hydrogen-bond donors (Lipinski definition) is 6. The summed E-state index contributed by atoms with van der Waals surface area (Å²) in [5.41, 5.74) is 0. The van der Waals surface area contributed by atoms with E-state index in [1.165, 1.54) is 57.8 Å². The average Bonchev–Trinajstić information content (AvgIpc) is 3.34. The van der Waals surface area contributed by atoms with Crippen LogP contribution in [0.3, 0.4) is 0 Å². The fraction of sp³-hybridized carbons (Fsp3) is 0.724. The number of esters is 1. The quantitative estimate of drug-likeness (QED) is 0.0149. The van der Waals surface area contributed by atoms with Crippen molar-refractivity contribution in [2.75, 3.05) is 13.2 Å². The van der Waals surface area contributed by atoms with Gasteiger partial charge in [0.25, 0.3) is 0 Å². The first-order valence-corrected chi connectivity index (χ1v) is 27.4. The first-order chi connectivity index (χ1) is 33.7. The lowest BCUT2D eigenvalue weighted by Gasteiger charge is -2.41. The first-order valence-electron chi connectivity index (χ1n) is 27.4. The Morgan fingerprint density at radius 3 is 1.71 bits per heavy atom. The van der Waals surface area contributed by atoms with Crippen LogP contribution in [0.4, 0.5) is 0 Å². The van der Waals surface area contributed by atoms with Crippen molar-refractivity contribution < 1.29 is 49.3 Å². The van der Waals surface area contributed by atoms with Crippen molar-refractivity contribution in [1.82, 2.24) is 5.32 Å². The van der Waals surface area contributed by atoms with E-state index in [-0.39, 0.29) is 19.4 Å². The molecular weight excluding hydrogens is 871 g/mol. The van der Waals surface area contributed by atoms with Crippen LogP contribution in [0.25, 0.3) is 0 Å². The Labute approximate surface area is 419 Å². The summed E-state index contributed by atoms with van der Waals surface area (Å²) < 4.78 is 17.5. The molecule has 1 rings (SSSR count). The van der Waals surface area contributed by atoms with Crippen LogP contribution in [-0.4, -0.2) is 99.6 Å². The molecule has 1 amide bonds. The van der Waals surface area contributed by atoms with E-state index in [1.807, 2.05) is 24.3 Å². The van der Waals surface area contributed by atoms with E-state index in [9.17, 15) is 35.1 Å². The van der Waals surface area contributed by atoms with Gasteiger partial charge in [-0.2, -0.15) is 0 Å². The number of aliphatic hydroxyl groups excluding tert-OH is 5. The van der Waals surface area contributed by atoms with Crippen molar-refractivity contribution in [2.24, 2.45) is 0 Å². The molecule has 69 heavy (non-hydrogen) atoms. The Kier molecular flexibility index (Phi) is 42.5. The summed E-state index contributed by atoms with van der Waals surface area (Å²) in [5.74, 6) is -1.25. The highest BCUT2D eigenvalue weighted by Crippen LogP contribution is 2.26. The van der Waals surface area contributed by atoms with E-state index in [0.29, 0.717) is 12.8 Å². The van der Waals surface area contributed by atoms with Crippen LogP contribution < -0.4 is 5.32 Å². The first kappa shape index (κ1) is 63.9. The molecule has 0 aromatic rings. The Bertz CT molecular complexity index is 1440. The second kappa shape index (κ2) is 45.9. The average molecular weight is 970 g/mol.